The summed E-state index contributed by atoms with van der Waals surface area (Å²) in [5.74, 6) is 5.63. The van der Waals surface area contributed by atoms with Gasteiger partial charge in [-0.15, -0.1) is 0 Å². The fourth-order valence-corrected chi connectivity index (χ4v) is 10.3. The van der Waals surface area contributed by atoms with Gasteiger partial charge in [0.25, 0.3) is 9.05 Å². The molecule has 0 saturated heterocycles. The first-order valence-electron chi connectivity index (χ1n) is 18.4. The Bertz CT molecular complexity index is 2700. The summed E-state index contributed by atoms with van der Waals surface area (Å²) in [4.78, 5) is 15.3. The number of hydrogen-bond acceptors (Lipinski definition) is 11. The van der Waals surface area contributed by atoms with Gasteiger partial charge in [-0.05, 0) is 103 Å². The van der Waals surface area contributed by atoms with Gasteiger partial charge in [-0.2, -0.15) is 0 Å². The summed E-state index contributed by atoms with van der Waals surface area (Å²) in [6.45, 7) is 0. The van der Waals surface area contributed by atoms with Crippen LogP contribution in [0.3, 0.4) is 0 Å². The third kappa shape index (κ3) is 8.26. The van der Waals surface area contributed by atoms with Crippen molar-refractivity contribution in [3.63, 3.8) is 0 Å². The van der Waals surface area contributed by atoms with Crippen LogP contribution in [0.5, 0.6) is 11.5 Å². The number of pyridine rings is 2. The second-order valence-electron chi connectivity index (χ2n) is 14.5. The predicted molar refractivity (Wildman–Crippen MR) is 220 cm³/mol. The molecule has 6 aromatic rings. The van der Waals surface area contributed by atoms with Gasteiger partial charge in [0.1, 0.15) is 22.8 Å². The standard InChI is InChI=1S/C20H19BN2O4S.C13H14BN3O2.C6H5ClO2S/c24-21-10-17(19-16-6-7-22-20(16)23-11-18(19)27-21)14-8-13(9-14)12-28(25,26)15-4-2-1-3-5-15;15-8-3-7(4-8)10-5-14(18)19-11-6-17-13-9(12(10)11)1-2-16-13;7-10(8,9)6-4-2-1-3-5-6/h1-7,10-11,13-14,24H,8-9,12H2,(H,22,23);1-2,5-8,18H,3-4,15H2,(H,16,17);1-5H. The minimum Gasteiger partial charge on any atom is -0.531 e. The smallest absolute Gasteiger partial charge is 0.531 e. The number of sulfone groups is 1. The number of nitrogens with two attached hydrogens (primary N) is 1. The molecule has 292 valence electrons. The quantitative estimate of drug-likeness (QED) is 0.104. The van der Waals surface area contributed by atoms with Crippen molar-refractivity contribution in [2.24, 2.45) is 23.5 Å². The number of benzene rings is 2. The molecule has 0 unspecified atom stereocenters. The summed E-state index contributed by atoms with van der Waals surface area (Å²) in [7, 11) is -3.68. The monoisotopic (exact) mass is 825 g/mol. The second-order valence-corrected chi connectivity index (χ2v) is 19.1. The fraction of sp³-hybridized carbons (Fsp3) is 0.231. The summed E-state index contributed by atoms with van der Waals surface area (Å²) in [6, 6.07) is 20.7. The number of aromatic nitrogens is 4. The van der Waals surface area contributed by atoms with Crippen LogP contribution in [-0.2, 0) is 18.9 Å². The van der Waals surface area contributed by atoms with Crippen LogP contribution >= 0.6 is 10.7 Å². The number of halogens is 1. The summed E-state index contributed by atoms with van der Waals surface area (Å²) in [5.41, 5.74) is 11.7. The molecule has 2 aromatic carbocycles. The molecular weight excluding hydrogens is 788 g/mol. The number of allylic oxidation sites excluding steroid dienone is 2. The van der Waals surface area contributed by atoms with Crippen molar-refractivity contribution < 1.29 is 36.2 Å². The molecule has 0 spiro atoms. The van der Waals surface area contributed by atoms with Crippen molar-refractivity contribution in [1.82, 2.24) is 19.9 Å². The lowest BCUT2D eigenvalue weighted by Crippen LogP contribution is -2.38. The van der Waals surface area contributed by atoms with Gasteiger partial charge >= 0.3 is 14.2 Å². The lowest BCUT2D eigenvalue weighted by molar-refractivity contribution is 0.273. The van der Waals surface area contributed by atoms with E-state index >= 15 is 0 Å². The molecule has 0 amide bonds. The Morgan fingerprint density at radius 3 is 1.60 bits per heavy atom. The van der Waals surface area contributed by atoms with Gasteiger partial charge in [0.2, 0.25) is 0 Å². The number of H-pyrrole nitrogens is 2. The van der Waals surface area contributed by atoms with Gasteiger partial charge < -0.3 is 35.1 Å². The number of nitrogens with zero attached hydrogens (tertiary/aromatic N) is 2. The molecule has 2 aliphatic heterocycles. The minimum absolute atomic E-state index is 0.114. The largest absolute Gasteiger partial charge is 0.552 e. The number of hydrogen-bond donors (Lipinski definition) is 5. The van der Waals surface area contributed by atoms with E-state index in [1.165, 1.54) is 12.1 Å². The average Bonchev–Trinajstić information content (AvgIpc) is 3.85. The molecule has 2 fully saturated rings. The van der Waals surface area contributed by atoms with Crippen molar-refractivity contribution in [2.75, 3.05) is 5.75 Å². The Labute approximate surface area is 334 Å². The fourth-order valence-electron chi connectivity index (χ4n) is 7.89. The zero-order chi connectivity index (χ0) is 39.9. The highest BCUT2D eigenvalue weighted by Crippen LogP contribution is 2.49. The van der Waals surface area contributed by atoms with Crippen LogP contribution in [-0.4, -0.2) is 72.9 Å². The van der Waals surface area contributed by atoms with Crippen LogP contribution in [0.2, 0.25) is 0 Å². The van der Waals surface area contributed by atoms with E-state index in [9.17, 15) is 26.9 Å². The van der Waals surface area contributed by atoms with Crippen LogP contribution in [0, 0.1) is 17.8 Å². The van der Waals surface area contributed by atoms with Gasteiger partial charge in [0, 0.05) is 51.0 Å². The molecule has 0 atom stereocenters. The summed E-state index contributed by atoms with van der Waals surface area (Å²) >= 11 is 0. The molecule has 2 saturated carbocycles. The summed E-state index contributed by atoms with van der Waals surface area (Å²) in [6.07, 6.45) is 10.5. The van der Waals surface area contributed by atoms with Gasteiger partial charge in [-0.1, -0.05) is 36.4 Å². The van der Waals surface area contributed by atoms with Gasteiger partial charge in [-0.25, -0.2) is 26.8 Å². The maximum atomic E-state index is 12.6. The molecule has 6 heterocycles. The topological polar surface area (TPSA) is 211 Å². The lowest BCUT2D eigenvalue weighted by atomic mass is 9.66. The van der Waals surface area contributed by atoms with Crippen LogP contribution in [0.25, 0.3) is 33.2 Å². The lowest BCUT2D eigenvalue weighted by Gasteiger charge is -2.38. The first-order chi connectivity index (χ1) is 27.3. The van der Waals surface area contributed by atoms with Gasteiger partial charge in [0.15, 0.2) is 9.84 Å². The zero-order valence-electron chi connectivity index (χ0n) is 30.4. The maximum Gasteiger partial charge on any atom is 0.552 e. The maximum absolute atomic E-state index is 12.6. The van der Waals surface area contributed by atoms with E-state index in [1.54, 1.807) is 66.8 Å². The molecule has 0 bridgehead atoms. The molecule has 57 heavy (non-hydrogen) atoms. The van der Waals surface area contributed by atoms with Crippen LogP contribution in [0.4, 0.5) is 0 Å². The first kappa shape index (κ1) is 38.9. The summed E-state index contributed by atoms with van der Waals surface area (Å²) in [5, 5.41) is 21.9. The Hall–Kier alpha value is -4.90. The molecule has 10 rings (SSSR count). The minimum atomic E-state index is -3.53. The number of fused-ring (bicyclic) bond motifs is 6. The zero-order valence-corrected chi connectivity index (χ0v) is 32.8. The molecule has 0 radical (unpaired) electrons. The SMILES string of the molecule is NC1CC(C2=CB(O)Oc3cnc4[nH]ccc4c32)C1.O=S(=O)(CC1CC(C2=CB(O)Oc3cnc4[nH]ccc4c32)C1)c1ccccc1.O=S(=O)(Cl)c1ccccc1. The highest BCUT2D eigenvalue weighted by molar-refractivity contribution is 8.13. The van der Waals surface area contributed by atoms with Crippen molar-refractivity contribution >= 4 is 77.0 Å². The van der Waals surface area contributed by atoms with Crippen LogP contribution < -0.4 is 15.0 Å². The average molecular weight is 826 g/mol. The Morgan fingerprint density at radius 1 is 0.702 bits per heavy atom. The molecule has 4 aromatic heterocycles. The number of nitrogens with one attached hydrogen (secondary N) is 2. The van der Waals surface area contributed by atoms with Crippen molar-refractivity contribution in [2.45, 2.75) is 41.5 Å². The Balaban J connectivity index is 0.000000135. The van der Waals surface area contributed by atoms with Gasteiger partial charge in [-0.3, -0.25) is 0 Å². The normalized spacial score (nSPS) is 21.1. The third-order valence-corrected chi connectivity index (χ3v) is 14.0. The van der Waals surface area contributed by atoms with E-state index < -0.39 is 33.1 Å². The van der Waals surface area contributed by atoms with Crippen LogP contribution in [0.15, 0.2) is 119 Å². The molecule has 4 aliphatic rings. The highest BCUT2D eigenvalue weighted by atomic mass is 35.7. The second kappa shape index (κ2) is 15.8. The van der Waals surface area contributed by atoms with E-state index in [2.05, 4.69) is 19.9 Å². The predicted octanol–water partition coefficient (Wildman–Crippen LogP) is 5.57. The molecular formula is C39H38B2ClN5O8S2. The van der Waals surface area contributed by atoms with Crippen LogP contribution in [0.1, 0.15) is 36.8 Å². The molecule has 13 nitrogen and oxygen atoms in total. The molecule has 18 heteroatoms. The first-order valence-corrected chi connectivity index (χ1v) is 22.4. The Kier molecular flexibility index (Phi) is 10.8. The van der Waals surface area contributed by atoms with E-state index in [0.717, 1.165) is 70.0 Å². The number of aromatic amines is 2. The van der Waals surface area contributed by atoms with E-state index in [1.807, 2.05) is 30.6 Å². The van der Waals surface area contributed by atoms with E-state index in [-0.39, 0.29) is 28.5 Å². The highest BCUT2D eigenvalue weighted by Gasteiger charge is 2.40. The van der Waals surface area contributed by atoms with Crippen molar-refractivity contribution in [1.29, 1.82) is 0 Å². The Morgan fingerprint density at radius 2 is 1.16 bits per heavy atom. The summed E-state index contributed by atoms with van der Waals surface area (Å²) < 4.78 is 57.4. The molecule has 2 aliphatic carbocycles. The van der Waals surface area contributed by atoms with Crippen molar-refractivity contribution in [3.05, 3.63) is 121 Å². The van der Waals surface area contributed by atoms with Gasteiger partial charge in [0.05, 0.1) is 27.9 Å². The van der Waals surface area contributed by atoms with E-state index in [4.69, 9.17) is 25.7 Å². The molecule has 6 N–H and O–H groups in total. The third-order valence-electron chi connectivity index (χ3n) is 10.7. The van der Waals surface area contributed by atoms with E-state index in [0.29, 0.717) is 22.3 Å². The number of rotatable bonds is 6. The van der Waals surface area contributed by atoms with Crippen molar-refractivity contribution in [3.8, 4) is 11.5 Å².